The molecule has 0 radical (unpaired) electrons. The van der Waals surface area contributed by atoms with Gasteiger partial charge < -0.3 is 4.90 Å². The third-order valence-corrected chi connectivity index (χ3v) is 5.71. The van der Waals surface area contributed by atoms with E-state index >= 15 is 0 Å². The van der Waals surface area contributed by atoms with E-state index in [4.69, 9.17) is 17.5 Å². The summed E-state index contributed by atoms with van der Waals surface area (Å²) in [5.41, 5.74) is -1.31. The average Bonchev–Trinajstić information content (AvgIpc) is 3.15. The van der Waals surface area contributed by atoms with Gasteiger partial charge in [-0.15, -0.1) is 0 Å². The number of anilines is 2. The number of aromatic nitrogens is 2. The number of benzene rings is 2. The molecule has 0 atom stereocenters. The number of carbonyl (C=O) groups excluding carboxylic acids is 1. The van der Waals surface area contributed by atoms with Crippen molar-refractivity contribution in [2.45, 2.75) is 25.6 Å². The minimum Gasteiger partial charge on any atom is -0.304 e. The first-order valence-corrected chi connectivity index (χ1v) is 9.59. The molecule has 0 unspecified atom stereocenters. The minimum absolute atomic E-state index is 0.0423. The molecule has 0 N–H and O–H groups in total. The number of halogens is 3. The molecule has 0 spiro atoms. The highest BCUT2D eigenvalue weighted by molar-refractivity contribution is 7.81. The molecule has 2 heterocycles. The van der Waals surface area contributed by atoms with Crippen molar-refractivity contribution >= 4 is 45.5 Å². The number of fused-ring (bicyclic) bond motifs is 1. The number of aryl methyl sites for hydroxylation is 1. The summed E-state index contributed by atoms with van der Waals surface area (Å²) in [5, 5.41) is 14.1. The predicted octanol–water partition coefficient (Wildman–Crippen LogP) is 4.38. The van der Waals surface area contributed by atoms with Crippen LogP contribution >= 0.6 is 12.2 Å². The van der Waals surface area contributed by atoms with E-state index in [0.29, 0.717) is 5.69 Å². The van der Waals surface area contributed by atoms with Gasteiger partial charge in [0.1, 0.15) is 5.54 Å². The number of rotatable bonds is 2. The Morgan fingerprint density at radius 3 is 2.45 bits per heavy atom. The molecule has 158 valence electrons. The van der Waals surface area contributed by atoms with Gasteiger partial charge in [-0.3, -0.25) is 14.4 Å². The Morgan fingerprint density at radius 1 is 1.13 bits per heavy atom. The summed E-state index contributed by atoms with van der Waals surface area (Å²) in [6.07, 6.45) is -3.06. The van der Waals surface area contributed by atoms with Gasteiger partial charge in [0.05, 0.1) is 34.6 Å². The largest absolute Gasteiger partial charge is 0.417 e. The van der Waals surface area contributed by atoms with Crippen LogP contribution in [0.2, 0.25) is 0 Å². The van der Waals surface area contributed by atoms with E-state index in [1.165, 1.54) is 12.1 Å². The molecule has 1 aromatic heterocycles. The first kappa shape index (κ1) is 20.8. The molecule has 2 aromatic carbocycles. The van der Waals surface area contributed by atoms with Gasteiger partial charge in [-0.25, -0.2) is 0 Å². The maximum absolute atomic E-state index is 13.4. The summed E-state index contributed by atoms with van der Waals surface area (Å²) in [6.45, 7) is 3.31. The van der Waals surface area contributed by atoms with Crippen LogP contribution in [0.1, 0.15) is 25.0 Å². The molecule has 6 nitrogen and oxygen atoms in total. The molecule has 0 aliphatic carbocycles. The Balaban J connectivity index is 1.82. The van der Waals surface area contributed by atoms with Gasteiger partial charge >= 0.3 is 6.18 Å². The summed E-state index contributed by atoms with van der Waals surface area (Å²) < 4.78 is 42.0. The van der Waals surface area contributed by atoms with Crippen LogP contribution in [-0.4, -0.2) is 26.3 Å². The number of thiocarbonyl (C=S) groups is 1. The monoisotopic (exact) mass is 443 g/mol. The molecule has 3 aromatic rings. The van der Waals surface area contributed by atoms with Gasteiger partial charge in [0.25, 0.3) is 5.91 Å². The molecule has 1 amide bonds. The van der Waals surface area contributed by atoms with Crippen molar-refractivity contribution in [3.8, 4) is 6.07 Å². The molecular formula is C21H16F3N5OS. The van der Waals surface area contributed by atoms with Gasteiger partial charge in [-0.2, -0.15) is 23.5 Å². The van der Waals surface area contributed by atoms with E-state index in [1.54, 1.807) is 42.7 Å². The van der Waals surface area contributed by atoms with Crippen LogP contribution in [0.15, 0.2) is 42.6 Å². The molecule has 1 saturated heterocycles. The standard InChI is InChI=1S/C21H16F3N5OS/c1-20(2)18(30)28(14-5-4-12(10-25)16(9-14)21(22,23)24)19(31)29(20)15-6-7-17-13(8-15)11-26-27(17)3/h4-9,11H,1-3H3. The molecule has 4 rings (SSSR count). The summed E-state index contributed by atoms with van der Waals surface area (Å²) >= 11 is 5.54. The van der Waals surface area contributed by atoms with Crippen LogP contribution in [0, 0.1) is 11.3 Å². The Morgan fingerprint density at radius 2 is 1.81 bits per heavy atom. The summed E-state index contributed by atoms with van der Waals surface area (Å²) in [5.74, 6) is -0.471. The maximum Gasteiger partial charge on any atom is 0.417 e. The van der Waals surface area contributed by atoms with Crippen LogP contribution < -0.4 is 9.80 Å². The van der Waals surface area contributed by atoms with E-state index < -0.39 is 28.7 Å². The van der Waals surface area contributed by atoms with Crippen LogP contribution in [-0.2, 0) is 18.0 Å². The molecule has 0 saturated carbocycles. The Labute approximate surface area is 181 Å². The highest BCUT2D eigenvalue weighted by Crippen LogP contribution is 2.40. The number of alkyl halides is 3. The number of carbonyl (C=O) groups is 1. The smallest absolute Gasteiger partial charge is 0.304 e. The molecular weight excluding hydrogens is 427 g/mol. The second-order valence-corrected chi connectivity index (χ2v) is 8.03. The van der Waals surface area contributed by atoms with Crippen molar-refractivity contribution in [2.75, 3.05) is 9.80 Å². The van der Waals surface area contributed by atoms with Crippen molar-refractivity contribution in [1.29, 1.82) is 5.26 Å². The molecule has 1 aliphatic rings. The van der Waals surface area contributed by atoms with E-state index in [9.17, 15) is 18.0 Å². The van der Waals surface area contributed by atoms with Crippen molar-refractivity contribution in [2.24, 2.45) is 7.05 Å². The lowest BCUT2D eigenvalue weighted by Gasteiger charge is -2.29. The SMILES string of the molecule is Cn1ncc2cc(N3C(=S)N(c4ccc(C#N)c(C(F)(F)F)c4)C(=O)C3(C)C)ccc21. The van der Waals surface area contributed by atoms with Crippen molar-refractivity contribution in [3.63, 3.8) is 0 Å². The molecule has 31 heavy (non-hydrogen) atoms. The van der Waals surface area contributed by atoms with E-state index in [0.717, 1.165) is 27.9 Å². The minimum atomic E-state index is -4.74. The normalized spacial score (nSPS) is 16.3. The molecule has 10 heteroatoms. The lowest BCUT2D eigenvalue weighted by atomic mass is 10.0. The van der Waals surface area contributed by atoms with E-state index in [1.807, 2.05) is 12.1 Å². The van der Waals surface area contributed by atoms with Gasteiger partial charge in [-0.05, 0) is 62.5 Å². The molecule has 1 aliphatic heterocycles. The Kier molecular flexibility index (Phi) is 4.55. The topological polar surface area (TPSA) is 65.2 Å². The zero-order valence-corrected chi connectivity index (χ0v) is 17.5. The second-order valence-electron chi connectivity index (χ2n) is 7.67. The average molecular weight is 443 g/mol. The number of nitrogens with zero attached hydrogens (tertiary/aromatic N) is 5. The predicted molar refractivity (Wildman–Crippen MR) is 114 cm³/mol. The third kappa shape index (κ3) is 3.13. The van der Waals surface area contributed by atoms with Gasteiger partial charge in [0.2, 0.25) is 0 Å². The summed E-state index contributed by atoms with van der Waals surface area (Å²) in [7, 11) is 1.81. The Bertz CT molecular complexity index is 1290. The van der Waals surface area contributed by atoms with Crippen molar-refractivity contribution < 1.29 is 18.0 Å². The van der Waals surface area contributed by atoms with Crippen LogP contribution in [0.4, 0.5) is 24.5 Å². The van der Waals surface area contributed by atoms with Gasteiger partial charge in [0.15, 0.2) is 5.11 Å². The highest BCUT2D eigenvalue weighted by Gasteiger charge is 2.50. The lowest BCUT2D eigenvalue weighted by molar-refractivity contribution is -0.137. The van der Waals surface area contributed by atoms with Crippen molar-refractivity contribution in [1.82, 2.24) is 9.78 Å². The highest BCUT2D eigenvalue weighted by atomic mass is 32.1. The van der Waals surface area contributed by atoms with Crippen LogP contribution in [0.5, 0.6) is 0 Å². The van der Waals surface area contributed by atoms with E-state index in [-0.39, 0.29) is 10.8 Å². The summed E-state index contributed by atoms with van der Waals surface area (Å²) in [6, 6.07) is 10.1. The lowest BCUT2D eigenvalue weighted by Crippen LogP contribution is -2.44. The zero-order valence-electron chi connectivity index (χ0n) is 16.7. The first-order chi connectivity index (χ1) is 14.5. The van der Waals surface area contributed by atoms with Crippen LogP contribution in [0.25, 0.3) is 10.9 Å². The summed E-state index contributed by atoms with van der Waals surface area (Å²) in [4.78, 5) is 15.9. The second kappa shape index (κ2) is 6.78. The molecule has 0 bridgehead atoms. The zero-order chi connectivity index (χ0) is 22.7. The maximum atomic E-state index is 13.4. The quantitative estimate of drug-likeness (QED) is 0.550. The number of amides is 1. The first-order valence-electron chi connectivity index (χ1n) is 9.18. The van der Waals surface area contributed by atoms with Gasteiger partial charge in [-0.1, -0.05) is 0 Å². The van der Waals surface area contributed by atoms with Crippen LogP contribution in [0.3, 0.4) is 0 Å². The van der Waals surface area contributed by atoms with Gasteiger partial charge in [0, 0.05) is 18.1 Å². The fraction of sp³-hybridized carbons (Fsp3) is 0.238. The fourth-order valence-corrected chi connectivity index (χ4v) is 4.27. The Hall–Kier alpha value is -3.45. The van der Waals surface area contributed by atoms with Crippen molar-refractivity contribution in [3.05, 3.63) is 53.7 Å². The van der Waals surface area contributed by atoms with E-state index in [2.05, 4.69) is 5.10 Å². The number of nitriles is 1. The molecule has 1 fully saturated rings. The fourth-order valence-electron chi connectivity index (χ4n) is 3.75. The number of hydrogen-bond acceptors (Lipinski definition) is 4. The third-order valence-electron chi connectivity index (χ3n) is 5.34. The number of hydrogen-bond donors (Lipinski definition) is 0.